The van der Waals surface area contributed by atoms with Gasteiger partial charge >= 0.3 is 0 Å². The molecule has 0 unspecified atom stereocenters. The van der Waals surface area contributed by atoms with E-state index < -0.39 is 0 Å². The molecule has 1 N–H and O–H groups in total. The topological polar surface area (TPSA) is 49.4 Å². The van der Waals surface area contributed by atoms with Crippen molar-refractivity contribution in [3.05, 3.63) is 35.4 Å². The number of rotatable bonds is 3. The van der Waals surface area contributed by atoms with Crippen molar-refractivity contribution < 1.29 is 9.59 Å². The van der Waals surface area contributed by atoms with Crippen LogP contribution in [-0.2, 0) is 22.6 Å². The molecule has 4 nitrogen and oxygen atoms in total. The molecule has 0 aromatic heterocycles. The van der Waals surface area contributed by atoms with Gasteiger partial charge in [0.25, 0.3) is 0 Å². The normalized spacial score (nSPS) is 14.2. The van der Waals surface area contributed by atoms with Crippen molar-refractivity contribution in [3.8, 4) is 0 Å². The van der Waals surface area contributed by atoms with Crippen LogP contribution < -0.4 is 5.32 Å². The first-order valence-corrected chi connectivity index (χ1v) is 6.70. The van der Waals surface area contributed by atoms with Crippen LogP contribution in [0, 0.1) is 0 Å². The Morgan fingerprint density at radius 2 is 1.95 bits per heavy atom. The van der Waals surface area contributed by atoms with E-state index in [1.807, 2.05) is 32.0 Å². The van der Waals surface area contributed by atoms with Crippen LogP contribution in [0.15, 0.2) is 24.3 Å². The second-order valence-corrected chi connectivity index (χ2v) is 5.23. The molecule has 1 aromatic rings. The summed E-state index contributed by atoms with van der Waals surface area (Å²) >= 11 is 0. The number of nitrogens with one attached hydrogen (secondary N) is 1. The van der Waals surface area contributed by atoms with Gasteiger partial charge in [0.15, 0.2) is 0 Å². The van der Waals surface area contributed by atoms with E-state index in [-0.39, 0.29) is 24.3 Å². The summed E-state index contributed by atoms with van der Waals surface area (Å²) in [6, 6.07) is 8.22. The highest BCUT2D eigenvalue weighted by atomic mass is 16.2. The van der Waals surface area contributed by atoms with Crippen molar-refractivity contribution >= 4 is 11.8 Å². The van der Waals surface area contributed by atoms with Crippen LogP contribution in [0.4, 0.5) is 0 Å². The van der Waals surface area contributed by atoms with E-state index >= 15 is 0 Å². The summed E-state index contributed by atoms with van der Waals surface area (Å²) in [5, 5.41) is 2.75. The lowest BCUT2D eigenvalue weighted by molar-refractivity contribution is -0.136. The number of amides is 2. The Labute approximate surface area is 113 Å². The predicted molar refractivity (Wildman–Crippen MR) is 73.5 cm³/mol. The number of hydrogen-bond acceptors (Lipinski definition) is 2. The van der Waals surface area contributed by atoms with Crippen molar-refractivity contribution in [1.29, 1.82) is 0 Å². The van der Waals surface area contributed by atoms with E-state index in [1.165, 1.54) is 11.1 Å². The van der Waals surface area contributed by atoms with Crippen LogP contribution in [0.3, 0.4) is 0 Å². The van der Waals surface area contributed by atoms with Crippen LogP contribution in [0.2, 0.25) is 0 Å². The Balaban J connectivity index is 1.94. The minimum Gasteiger partial charge on any atom is -0.353 e. The highest BCUT2D eigenvalue weighted by Gasteiger charge is 2.22. The number of fused-ring (bicyclic) bond motifs is 1. The summed E-state index contributed by atoms with van der Waals surface area (Å²) in [4.78, 5) is 25.4. The second-order valence-electron chi connectivity index (χ2n) is 5.23. The largest absolute Gasteiger partial charge is 0.353 e. The Hall–Kier alpha value is -1.84. The third kappa shape index (κ3) is 3.56. The third-order valence-corrected chi connectivity index (χ3v) is 3.24. The molecule has 0 aliphatic carbocycles. The van der Waals surface area contributed by atoms with Gasteiger partial charge in [-0.05, 0) is 31.4 Å². The van der Waals surface area contributed by atoms with Gasteiger partial charge in [0.2, 0.25) is 11.8 Å². The second kappa shape index (κ2) is 5.87. The van der Waals surface area contributed by atoms with E-state index in [1.54, 1.807) is 4.90 Å². The van der Waals surface area contributed by atoms with Crippen molar-refractivity contribution in [2.45, 2.75) is 39.3 Å². The Bertz CT molecular complexity index is 483. The van der Waals surface area contributed by atoms with Gasteiger partial charge in [-0.2, -0.15) is 0 Å². The zero-order valence-electron chi connectivity index (χ0n) is 11.5. The molecule has 0 saturated carbocycles. The van der Waals surface area contributed by atoms with Gasteiger partial charge < -0.3 is 10.2 Å². The molecule has 0 atom stereocenters. The smallest absolute Gasteiger partial charge is 0.232 e. The van der Waals surface area contributed by atoms with Gasteiger partial charge in [0, 0.05) is 19.1 Å². The fourth-order valence-electron chi connectivity index (χ4n) is 2.33. The molecule has 2 rings (SSSR count). The average Bonchev–Trinajstić information content (AvgIpc) is 2.37. The number of benzene rings is 1. The van der Waals surface area contributed by atoms with E-state index in [0.717, 1.165) is 6.42 Å². The molecule has 0 radical (unpaired) electrons. The van der Waals surface area contributed by atoms with Gasteiger partial charge in [-0.25, -0.2) is 0 Å². The maximum atomic E-state index is 12.1. The maximum Gasteiger partial charge on any atom is 0.232 e. The molecule has 0 spiro atoms. The predicted octanol–water partition coefficient (Wildman–Crippen LogP) is 1.49. The molecule has 4 heteroatoms. The molecule has 0 bridgehead atoms. The fraction of sp³-hybridized carbons (Fsp3) is 0.467. The lowest BCUT2D eigenvalue weighted by atomic mass is 10.00. The quantitative estimate of drug-likeness (QED) is 0.837. The Morgan fingerprint density at radius 1 is 1.26 bits per heavy atom. The Morgan fingerprint density at radius 3 is 2.63 bits per heavy atom. The molecule has 1 aliphatic rings. The highest BCUT2D eigenvalue weighted by molar-refractivity contribution is 5.97. The van der Waals surface area contributed by atoms with Gasteiger partial charge in [0.1, 0.15) is 6.42 Å². The summed E-state index contributed by atoms with van der Waals surface area (Å²) in [7, 11) is 0. The Kier molecular flexibility index (Phi) is 4.20. The number of carbonyl (C=O) groups excluding carboxylic acids is 2. The van der Waals surface area contributed by atoms with Gasteiger partial charge in [0.05, 0.1) is 0 Å². The molecule has 1 aliphatic heterocycles. The van der Waals surface area contributed by atoms with E-state index in [9.17, 15) is 9.59 Å². The highest BCUT2D eigenvalue weighted by Crippen LogP contribution is 2.18. The van der Waals surface area contributed by atoms with Crippen LogP contribution >= 0.6 is 0 Å². The minimum absolute atomic E-state index is 0.0552. The van der Waals surface area contributed by atoms with E-state index in [0.29, 0.717) is 13.1 Å². The lowest BCUT2D eigenvalue weighted by Gasteiger charge is -2.28. The summed E-state index contributed by atoms with van der Waals surface area (Å²) in [5.41, 5.74) is 2.49. The molecule has 1 aromatic carbocycles. The monoisotopic (exact) mass is 260 g/mol. The molecule has 0 fully saturated rings. The molecule has 1 heterocycles. The lowest BCUT2D eigenvalue weighted by Crippen LogP contribution is -2.40. The van der Waals surface area contributed by atoms with Crippen molar-refractivity contribution in [2.24, 2.45) is 0 Å². The first-order valence-electron chi connectivity index (χ1n) is 6.70. The van der Waals surface area contributed by atoms with Gasteiger partial charge in [-0.1, -0.05) is 24.3 Å². The van der Waals surface area contributed by atoms with Crippen molar-refractivity contribution in [1.82, 2.24) is 10.2 Å². The van der Waals surface area contributed by atoms with Gasteiger partial charge in [-0.3, -0.25) is 9.59 Å². The van der Waals surface area contributed by atoms with Crippen molar-refractivity contribution in [2.75, 3.05) is 6.54 Å². The first-order chi connectivity index (χ1) is 9.06. The standard InChI is InChI=1S/C15H20N2O2/c1-11(2)16-14(18)9-15(19)17-8-7-12-5-3-4-6-13(12)10-17/h3-6,11H,7-10H2,1-2H3,(H,16,18). The fourth-order valence-corrected chi connectivity index (χ4v) is 2.33. The minimum atomic E-state index is -0.196. The zero-order valence-corrected chi connectivity index (χ0v) is 11.5. The van der Waals surface area contributed by atoms with Crippen LogP contribution in [0.1, 0.15) is 31.4 Å². The summed E-state index contributed by atoms with van der Waals surface area (Å²) in [6.07, 6.45) is 0.814. The molecular formula is C15H20N2O2. The SMILES string of the molecule is CC(C)NC(=O)CC(=O)N1CCc2ccccc2C1. The van der Waals surface area contributed by atoms with Crippen LogP contribution in [0.25, 0.3) is 0 Å². The van der Waals surface area contributed by atoms with Crippen LogP contribution in [0.5, 0.6) is 0 Å². The number of hydrogen-bond donors (Lipinski definition) is 1. The summed E-state index contributed by atoms with van der Waals surface area (Å²) in [5.74, 6) is -0.286. The first kappa shape index (κ1) is 13.6. The molecular weight excluding hydrogens is 240 g/mol. The zero-order chi connectivity index (χ0) is 13.8. The average molecular weight is 260 g/mol. The van der Waals surface area contributed by atoms with E-state index in [4.69, 9.17) is 0 Å². The molecule has 19 heavy (non-hydrogen) atoms. The molecule has 0 saturated heterocycles. The van der Waals surface area contributed by atoms with E-state index in [2.05, 4.69) is 11.4 Å². The number of nitrogens with zero attached hydrogens (tertiary/aromatic N) is 1. The summed E-state index contributed by atoms with van der Waals surface area (Å²) < 4.78 is 0. The van der Waals surface area contributed by atoms with Gasteiger partial charge in [-0.15, -0.1) is 0 Å². The van der Waals surface area contributed by atoms with Crippen molar-refractivity contribution in [3.63, 3.8) is 0 Å². The maximum absolute atomic E-state index is 12.1. The summed E-state index contributed by atoms with van der Waals surface area (Å²) in [6.45, 7) is 5.09. The molecule has 102 valence electrons. The third-order valence-electron chi connectivity index (χ3n) is 3.24. The molecule has 2 amide bonds. The number of carbonyl (C=O) groups is 2. The van der Waals surface area contributed by atoms with Crippen LogP contribution in [-0.4, -0.2) is 29.3 Å².